The van der Waals surface area contributed by atoms with Crippen molar-refractivity contribution in [1.82, 2.24) is 4.98 Å². The maximum absolute atomic E-state index is 13.5. The third-order valence-electron chi connectivity index (χ3n) is 6.52. The van der Waals surface area contributed by atoms with Crippen molar-refractivity contribution in [3.63, 3.8) is 0 Å². The number of aliphatic hydroxyl groups is 1. The van der Waals surface area contributed by atoms with Crippen LogP contribution in [0.25, 0.3) is 54.7 Å². The number of hydrogen-bond acceptors (Lipinski definition) is 4. The number of aromatic nitrogens is 1. The summed E-state index contributed by atoms with van der Waals surface area (Å²) in [5.41, 5.74) is 4.22. The Morgan fingerprint density at radius 2 is 1.56 bits per heavy atom. The molecule has 0 fully saturated rings. The first kappa shape index (κ1) is 29.3. The normalized spacial score (nSPS) is 10.9. The smallest absolute Gasteiger partial charge is 0.155 e. The minimum Gasteiger partial charge on any atom is -0.512 e. The molecule has 0 spiro atoms. The van der Waals surface area contributed by atoms with Crippen LogP contribution in [0.15, 0.2) is 109 Å². The van der Waals surface area contributed by atoms with Gasteiger partial charge >= 0.3 is 0 Å². The van der Waals surface area contributed by atoms with E-state index in [4.69, 9.17) is 5.11 Å². The van der Waals surface area contributed by atoms with Gasteiger partial charge in [-0.3, -0.25) is 9.78 Å². The topological polar surface area (TPSA) is 74.0 Å². The molecule has 0 aliphatic rings. The monoisotopic (exact) mass is 716 g/mol. The van der Waals surface area contributed by atoms with Crippen molar-refractivity contribution in [1.29, 1.82) is 5.26 Å². The Morgan fingerprint density at radius 1 is 0.878 bits per heavy atom. The zero-order chi connectivity index (χ0) is 28.2. The minimum absolute atomic E-state index is 0. The Labute approximate surface area is 250 Å². The molecule has 1 N–H and O–H groups in total. The van der Waals surface area contributed by atoms with Gasteiger partial charge in [0.05, 0.1) is 11.8 Å². The van der Waals surface area contributed by atoms with E-state index in [0.717, 1.165) is 54.7 Å². The molecule has 0 aliphatic heterocycles. The molecule has 6 heteroatoms. The molecular weight excluding hydrogens is 692 g/mol. The number of nitrogens with zero attached hydrogens (tertiary/aromatic N) is 2. The third kappa shape index (κ3) is 6.23. The van der Waals surface area contributed by atoms with Gasteiger partial charge in [-0.25, -0.2) is 4.39 Å². The number of ketones is 1. The summed E-state index contributed by atoms with van der Waals surface area (Å²) in [4.78, 5) is 14.7. The van der Waals surface area contributed by atoms with Crippen LogP contribution in [0.1, 0.15) is 19.4 Å². The van der Waals surface area contributed by atoms with Crippen molar-refractivity contribution in [3.05, 3.63) is 126 Å². The number of benzene rings is 5. The molecule has 5 aromatic carbocycles. The molecular formula is C35H24FIrN2O2-. The molecule has 1 aromatic heterocycles. The maximum Gasteiger partial charge on any atom is 0.155 e. The van der Waals surface area contributed by atoms with Gasteiger partial charge in [-0.05, 0) is 70.3 Å². The van der Waals surface area contributed by atoms with Gasteiger partial charge in [-0.2, -0.15) is 5.26 Å². The average Bonchev–Trinajstić information content (AvgIpc) is 2.96. The zero-order valence-corrected chi connectivity index (χ0v) is 24.7. The van der Waals surface area contributed by atoms with Gasteiger partial charge < -0.3 is 5.11 Å². The van der Waals surface area contributed by atoms with Gasteiger partial charge in [0.2, 0.25) is 0 Å². The Kier molecular flexibility index (Phi) is 9.04. The van der Waals surface area contributed by atoms with E-state index in [2.05, 4.69) is 41.4 Å². The summed E-state index contributed by atoms with van der Waals surface area (Å²) >= 11 is 0. The van der Waals surface area contributed by atoms with Crippen LogP contribution >= 0.6 is 0 Å². The zero-order valence-electron chi connectivity index (χ0n) is 22.3. The standard InChI is InChI=1S/C30H16FN2.C5H8O2.Ir/c31-23-10-8-19(9-11-23)25-6-3-7-26-27(25)12-13-29-28(26)14-15-33-30(29)21-16-20-4-1-2-5-24(20)22(17-21)18-32;1-4(6)3-5(2)7;/h1-15,17H;3,6H,1-2H3;/q-1;;/b;4-3-;. The quantitative estimate of drug-likeness (QED) is 0.0862. The Morgan fingerprint density at radius 3 is 2.24 bits per heavy atom. The van der Waals surface area contributed by atoms with Crippen LogP contribution in [0.3, 0.4) is 0 Å². The fourth-order valence-corrected chi connectivity index (χ4v) is 4.86. The number of halogens is 1. The van der Waals surface area contributed by atoms with Gasteiger partial charge in [-0.15, -0.1) is 23.6 Å². The Hall–Kier alpha value is -4.69. The van der Waals surface area contributed by atoms with E-state index in [0.29, 0.717) is 5.56 Å². The molecule has 203 valence electrons. The number of nitriles is 1. The van der Waals surface area contributed by atoms with Gasteiger partial charge in [0.25, 0.3) is 0 Å². The molecule has 0 bridgehead atoms. The first-order valence-corrected chi connectivity index (χ1v) is 12.7. The van der Waals surface area contributed by atoms with Gasteiger partial charge in [0.1, 0.15) is 5.82 Å². The fourth-order valence-electron chi connectivity index (χ4n) is 4.86. The van der Waals surface area contributed by atoms with Crippen molar-refractivity contribution in [2.75, 3.05) is 0 Å². The average molecular weight is 716 g/mol. The van der Waals surface area contributed by atoms with Gasteiger partial charge in [-0.1, -0.05) is 71.6 Å². The minimum atomic E-state index is -0.247. The molecule has 41 heavy (non-hydrogen) atoms. The summed E-state index contributed by atoms with van der Waals surface area (Å²) in [5.74, 6) is -0.309. The van der Waals surface area contributed by atoms with Crippen LogP contribution < -0.4 is 0 Å². The van der Waals surface area contributed by atoms with Crippen LogP contribution in [0.4, 0.5) is 4.39 Å². The number of rotatable bonds is 3. The van der Waals surface area contributed by atoms with Crippen molar-refractivity contribution in [3.8, 4) is 28.5 Å². The second-order valence-corrected chi connectivity index (χ2v) is 9.38. The molecule has 0 amide bonds. The van der Waals surface area contributed by atoms with Gasteiger partial charge in [0, 0.05) is 38.1 Å². The number of aliphatic hydroxyl groups excluding tert-OH is 1. The molecule has 1 radical (unpaired) electrons. The fraction of sp³-hybridized carbons (Fsp3) is 0.0571. The first-order valence-electron chi connectivity index (χ1n) is 12.7. The largest absolute Gasteiger partial charge is 0.512 e. The SMILES string of the molecule is CC(=O)/C=C(/C)O.N#Cc1cc(-c2nccc3c2ccc2c(-c4ccc(F)cc4)cccc23)[c-]c2ccccc12.[Ir]. The predicted molar refractivity (Wildman–Crippen MR) is 158 cm³/mol. The van der Waals surface area contributed by atoms with Crippen molar-refractivity contribution in [2.45, 2.75) is 13.8 Å². The van der Waals surface area contributed by atoms with Crippen LogP contribution in [-0.4, -0.2) is 15.9 Å². The summed E-state index contributed by atoms with van der Waals surface area (Å²) < 4.78 is 13.5. The second-order valence-electron chi connectivity index (χ2n) is 9.38. The van der Waals surface area contributed by atoms with E-state index in [9.17, 15) is 14.4 Å². The van der Waals surface area contributed by atoms with E-state index in [1.54, 1.807) is 18.3 Å². The maximum atomic E-state index is 13.5. The number of hydrogen-bond donors (Lipinski definition) is 1. The molecule has 4 nitrogen and oxygen atoms in total. The molecule has 6 rings (SSSR count). The van der Waals surface area contributed by atoms with Gasteiger partial charge in [0.15, 0.2) is 5.78 Å². The summed E-state index contributed by atoms with van der Waals surface area (Å²) in [6.07, 6.45) is 2.97. The Balaban J connectivity index is 0.000000434. The number of allylic oxidation sites excluding steroid dienone is 2. The number of pyridine rings is 1. The van der Waals surface area contributed by atoms with E-state index >= 15 is 0 Å². The molecule has 0 saturated carbocycles. The molecule has 0 aliphatic carbocycles. The number of fused-ring (bicyclic) bond motifs is 4. The Bertz CT molecular complexity index is 1970. The van der Waals surface area contributed by atoms with E-state index in [-0.39, 0.29) is 37.5 Å². The van der Waals surface area contributed by atoms with Crippen LogP contribution in [-0.2, 0) is 24.9 Å². The van der Waals surface area contributed by atoms with Crippen LogP contribution in [0.2, 0.25) is 0 Å². The van der Waals surface area contributed by atoms with E-state index < -0.39 is 0 Å². The molecule has 6 aromatic rings. The first-order chi connectivity index (χ1) is 19.4. The second kappa shape index (κ2) is 12.7. The van der Waals surface area contributed by atoms with Crippen molar-refractivity contribution >= 4 is 38.1 Å². The van der Waals surface area contributed by atoms with Crippen molar-refractivity contribution in [2.24, 2.45) is 0 Å². The molecule has 0 saturated heterocycles. The van der Waals surface area contributed by atoms with E-state index in [1.807, 2.05) is 42.5 Å². The number of carbonyl (C=O) groups is 1. The summed E-state index contributed by atoms with van der Waals surface area (Å²) in [6.45, 7) is 2.85. The molecule has 1 heterocycles. The third-order valence-corrected chi connectivity index (χ3v) is 6.52. The van der Waals surface area contributed by atoms with Crippen LogP contribution in [0, 0.1) is 23.2 Å². The van der Waals surface area contributed by atoms with Crippen LogP contribution in [0.5, 0.6) is 0 Å². The molecule has 0 unspecified atom stereocenters. The summed E-state index contributed by atoms with van der Waals surface area (Å²) in [7, 11) is 0. The molecule has 0 atom stereocenters. The summed E-state index contributed by atoms with van der Waals surface area (Å²) in [5, 5.41) is 24.1. The summed E-state index contributed by atoms with van der Waals surface area (Å²) in [6, 6.07) is 34.3. The van der Waals surface area contributed by atoms with E-state index in [1.165, 1.54) is 32.1 Å². The van der Waals surface area contributed by atoms with Crippen molar-refractivity contribution < 1.29 is 34.4 Å². The number of carbonyl (C=O) groups excluding carboxylic acids is 1. The predicted octanol–water partition coefficient (Wildman–Crippen LogP) is 8.72.